The summed E-state index contributed by atoms with van der Waals surface area (Å²) in [5.74, 6) is 1.71. The maximum absolute atomic E-state index is 11.2. The van der Waals surface area contributed by atoms with Crippen LogP contribution in [0.1, 0.15) is 40.0 Å². The number of aldehydes is 1. The van der Waals surface area contributed by atoms with Gasteiger partial charge < -0.3 is 9.64 Å². The highest BCUT2D eigenvalue weighted by atomic mass is 16.5. The Bertz CT molecular complexity index is 1020. The lowest BCUT2D eigenvalue weighted by Crippen LogP contribution is -2.47. The molecule has 0 spiro atoms. The van der Waals surface area contributed by atoms with Gasteiger partial charge in [0, 0.05) is 43.5 Å². The van der Waals surface area contributed by atoms with E-state index in [0.717, 1.165) is 55.1 Å². The lowest BCUT2D eigenvalue weighted by atomic mass is 10.0. The molecule has 0 bridgehead atoms. The van der Waals surface area contributed by atoms with Crippen molar-refractivity contribution in [1.82, 2.24) is 4.90 Å². The largest absolute Gasteiger partial charge is 0.457 e. The zero-order valence-electron chi connectivity index (χ0n) is 18.5. The Hall–Kier alpha value is -3.11. The lowest BCUT2D eigenvalue weighted by molar-refractivity contribution is 0.112. The van der Waals surface area contributed by atoms with Crippen LogP contribution in [0.2, 0.25) is 0 Å². The number of rotatable bonds is 6. The highest BCUT2D eigenvalue weighted by molar-refractivity contribution is 5.79. The third kappa shape index (κ3) is 4.80. The molecule has 4 rings (SSSR count). The second-order valence-corrected chi connectivity index (χ2v) is 8.30. The Labute approximate surface area is 185 Å². The van der Waals surface area contributed by atoms with Crippen LogP contribution in [-0.2, 0) is 0 Å². The maximum Gasteiger partial charge on any atom is 0.150 e. The van der Waals surface area contributed by atoms with Crippen LogP contribution in [-0.4, -0.2) is 37.4 Å². The first-order valence-corrected chi connectivity index (χ1v) is 10.9. The van der Waals surface area contributed by atoms with E-state index in [1.165, 1.54) is 16.8 Å². The van der Waals surface area contributed by atoms with Crippen LogP contribution in [0.5, 0.6) is 11.5 Å². The van der Waals surface area contributed by atoms with Crippen molar-refractivity contribution >= 4 is 12.0 Å². The summed E-state index contributed by atoms with van der Waals surface area (Å²) in [6, 6.07) is 22.8. The summed E-state index contributed by atoms with van der Waals surface area (Å²) in [7, 11) is 0. The molecule has 1 aliphatic rings. The van der Waals surface area contributed by atoms with Gasteiger partial charge in [-0.2, -0.15) is 0 Å². The summed E-state index contributed by atoms with van der Waals surface area (Å²) in [6.45, 7) is 10.4. The van der Waals surface area contributed by atoms with E-state index < -0.39 is 0 Å². The fourth-order valence-corrected chi connectivity index (χ4v) is 4.29. The minimum Gasteiger partial charge on any atom is -0.457 e. The van der Waals surface area contributed by atoms with E-state index in [1.807, 2.05) is 43.3 Å². The Morgan fingerprint density at radius 1 is 0.839 bits per heavy atom. The first kappa shape index (κ1) is 21.1. The molecule has 1 aliphatic heterocycles. The van der Waals surface area contributed by atoms with E-state index in [2.05, 4.69) is 54.0 Å². The zero-order valence-corrected chi connectivity index (χ0v) is 18.5. The van der Waals surface area contributed by atoms with Crippen LogP contribution in [0.25, 0.3) is 0 Å². The predicted octanol–water partition coefficient (Wildman–Crippen LogP) is 5.79. The van der Waals surface area contributed by atoms with Gasteiger partial charge in [0.2, 0.25) is 0 Å². The molecular weight excluding hydrogens is 384 g/mol. The van der Waals surface area contributed by atoms with Crippen LogP contribution in [0.4, 0.5) is 5.69 Å². The Kier molecular flexibility index (Phi) is 6.38. The number of hydrogen-bond donors (Lipinski definition) is 0. The second-order valence-electron chi connectivity index (χ2n) is 8.30. The molecule has 0 aromatic heterocycles. The first-order valence-electron chi connectivity index (χ1n) is 10.9. The molecule has 0 amide bonds. The SMILES string of the molecule is Cc1cc(N2CCN(C(C)c3ccc(Oc4ccccc4)cc3)CC2)c(C)cc1C=O. The van der Waals surface area contributed by atoms with Gasteiger partial charge in [0.25, 0.3) is 0 Å². The molecule has 1 fully saturated rings. The van der Waals surface area contributed by atoms with Gasteiger partial charge in [-0.3, -0.25) is 9.69 Å². The Balaban J connectivity index is 1.37. The summed E-state index contributed by atoms with van der Waals surface area (Å²) in [5, 5.41) is 0. The van der Waals surface area contributed by atoms with Gasteiger partial charge in [0.1, 0.15) is 17.8 Å². The van der Waals surface area contributed by atoms with Crippen molar-refractivity contribution in [3.05, 3.63) is 89.0 Å². The number of para-hydroxylation sites is 1. The first-order chi connectivity index (χ1) is 15.0. The third-order valence-corrected chi connectivity index (χ3v) is 6.26. The molecule has 1 unspecified atom stereocenters. The van der Waals surface area contributed by atoms with Gasteiger partial charge in [-0.05, 0) is 73.9 Å². The molecule has 3 aromatic carbocycles. The number of benzene rings is 3. The maximum atomic E-state index is 11.2. The predicted molar refractivity (Wildman–Crippen MR) is 126 cm³/mol. The van der Waals surface area contributed by atoms with E-state index in [1.54, 1.807) is 0 Å². The molecule has 1 atom stereocenters. The van der Waals surface area contributed by atoms with Crippen molar-refractivity contribution in [1.29, 1.82) is 0 Å². The number of carbonyl (C=O) groups excluding carboxylic acids is 1. The van der Waals surface area contributed by atoms with Gasteiger partial charge in [-0.25, -0.2) is 0 Å². The number of nitrogens with zero attached hydrogens (tertiary/aromatic N) is 2. The normalized spacial score (nSPS) is 15.5. The molecule has 160 valence electrons. The number of ether oxygens (including phenoxy) is 1. The van der Waals surface area contributed by atoms with E-state index in [-0.39, 0.29) is 0 Å². The fourth-order valence-electron chi connectivity index (χ4n) is 4.29. The highest BCUT2D eigenvalue weighted by Crippen LogP contribution is 2.29. The van der Waals surface area contributed by atoms with Gasteiger partial charge >= 0.3 is 0 Å². The quantitative estimate of drug-likeness (QED) is 0.478. The summed E-state index contributed by atoms with van der Waals surface area (Å²) in [6.07, 6.45) is 0.946. The fraction of sp³-hybridized carbons (Fsp3) is 0.296. The summed E-state index contributed by atoms with van der Waals surface area (Å²) >= 11 is 0. The molecule has 31 heavy (non-hydrogen) atoms. The number of anilines is 1. The standard InChI is InChI=1S/C27H30N2O2/c1-20-18-27(21(2)17-24(20)19-30)29-15-13-28(14-16-29)22(3)23-9-11-26(12-10-23)31-25-7-5-4-6-8-25/h4-12,17-19,22H,13-16H2,1-3H3. The molecule has 0 aliphatic carbocycles. The third-order valence-electron chi connectivity index (χ3n) is 6.26. The van der Waals surface area contributed by atoms with Crippen molar-refractivity contribution in [3.8, 4) is 11.5 Å². The van der Waals surface area contributed by atoms with E-state index >= 15 is 0 Å². The van der Waals surface area contributed by atoms with Crippen molar-refractivity contribution < 1.29 is 9.53 Å². The van der Waals surface area contributed by atoms with Gasteiger partial charge in [-0.1, -0.05) is 30.3 Å². The molecule has 1 heterocycles. The molecule has 3 aromatic rings. The van der Waals surface area contributed by atoms with Crippen molar-refractivity contribution in [2.24, 2.45) is 0 Å². The van der Waals surface area contributed by atoms with E-state index in [0.29, 0.717) is 6.04 Å². The van der Waals surface area contributed by atoms with Crippen LogP contribution in [0, 0.1) is 13.8 Å². The van der Waals surface area contributed by atoms with Crippen LogP contribution < -0.4 is 9.64 Å². The molecule has 0 radical (unpaired) electrons. The average Bonchev–Trinajstić information content (AvgIpc) is 2.81. The summed E-state index contributed by atoms with van der Waals surface area (Å²) in [5.41, 5.74) is 5.55. The minimum absolute atomic E-state index is 0.355. The summed E-state index contributed by atoms with van der Waals surface area (Å²) < 4.78 is 5.92. The Morgan fingerprint density at radius 2 is 1.48 bits per heavy atom. The van der Waals surface area contributed by atoms with Crippen molar-refractivity contribution in [3.63, 3.8) is 0 Å². The number of hydrogen-bond acceptors (Lipinski definition) is 4. The smallest absolute Gasteiger partial charge is 0.150 e. The number of aryl methyl sites for hydroxylation is 2. The second kappa shape index (κ2) is 9.36. The van der Waals surface area contributed by atoms with Crippen LogP contribution >= 0.6 is 0 Å². The molecular formula is C27H30N2O2. The van der Waals surface area contributed by atoms with Gasteiger partial charge in [0.05, 0.1) is 0 Å². The number of piperazine rings is 1. The highest BCUT2D eigenvalue weighted by Gasteiger charge is 2.23. The molecule has 1 saturated heterocycles. The monoisotopic (exact) mass is 414 g/mol. The zero-order chi connectivity index (χ0) is 21.8. The van der Waals surface area contributed by atoms with Gasteiger partial charge in [-0.15, -0.1) is 0 Å². The van der Waals surface area contributed by atoms with E-state index in [9.17, 15) is 4.79 Å². The topological polar surface area (TPSA) is 32.8 Å². The lowest BCUT2D eigenvalue weighted by Gasteiger charge is -2.40. The Morgan fingerprint density at radius 3 is 2.13 bits per heavy atom. The molecule has 4 nitrogen and oxygen atoms in total. The average molecular weight is 415 g/mol. The minimum atomic E-state index is 0.355. The van der Waals surface area contributed by atoms with Gasteiger partial charge in [0.15, 0.2) is 0 Å². The van der Waals surface area contributed by atoms with Crippen LogP contribution in [0.3, 0.4) is 0 Å². The van der Waals surface area contributed by atoms with Crippen molar-refractivity contribution in [2.45, 2.75) is 26.8 Å². The molecule has 4 heteroatoms. The van der Waals surface area contributed by atoms with Crippen LogP contribution in [0.15, 0.2) is 66.7 Å². The number of carbonyl (C=O) groups is 1. The van der Waals surface area contributed by atoms with Crippen molar-refractivity contribution in [2.75, 3.05) is 31.1 Å². The summed E-state index contributed by atoms with van der Waals surface area (Å²) in [4.78, 5) is 16.2. The van der Waals surface area contributed by atoms with E-state index in [4.69, 9.17) is 4.74 Å². The molecule has 0 N–H and O–H groups in total. The molecule has 0 saturated carbocycles.